The van der Waals surface area contributed by atoms with Crippen molar-refractivity contribution < 1.29 is 9.53 Å². The fraction of sp³-hybridized carbons (Fsp3) is 0.450. The highest BCUT2D eigenvalue weighted by atomic mass is 32.1. The zero-order valence-electron chi connectivity index (χ0n) is 16.5. The molecule has 29 heavy (non-hydrogen) atoms. The van der Waals surface area contributed by atoms with Crippen LogP contribution in [0.5, 0.6) is 0 Å². The highest BCUT2D eigenvalue weighted by Gasteiger charge is 2.15. The van der Waals surface area contributed by atoms with E-state index in [1.807, 2.05) is 36.6 Å². The molecule has 3 aromatic rings. The number of carbonyl (C=O) groups excluding carboxylic acids is 1. The first-order valence-corrected chi connectivity index (χ1v) is 10.8. The summed E-state index contributed by atoms with van der Waals surface area (Å²) in [5, 5.41) is 5.44. The van der Waals surface area contributed by atoms with Gasteiger partial charge < -0.3 is 10.1 Å². The fourth-order valence-electron chi connectivity index (χ4n) is 3.61. The number of carbonyl (C=O) groups is 1. The molecule has 8 nitrogen and oxygen atoms in total. The highest BCUT2D eigenvalue weighted by Crippen LogP contribution is 2.18. The maximum Gasteiger partial charge on any atom is 0.329 e. The summed E-state index contributed by atoms with van der Waals surface area (Å²) >= 11 is 1.43. The lowest BCUT2D eigenvalue weighted by Crippen LogP contribution is -2.35. The van der Waals surface area contributed by atoms with Gasteiger partial charge in [0.1, 0.15) is 0 Å². The van der Waals surface area contributed by atoms with Crippen LogP contribution in [0.4, 0.5) is 5.13 Å². The van der Waals surface area contributed by atoms with Crippen LogP contribution in [0.1, 0.15) is 19.0 Å². The standard InChI is InChI=1S/C20H25N5O3S/c1-2-24-16-5-3-4-6-17(16)25(20(24)27)8-7-18(26)22-19-21-15(14-29-19)13-23-9-11-28-12-10-23/h3-6,14H,2,7-13H2,1H3,(H,21,22,26). The second kappa shape index (κ2) is 8.89. The molecule has 154 valence electrons. The number of nitrogens with zero attached hydrogens (tertiary/aromatic N) is 4. The molecule has 4 rings (SSSR count). The van der Waals surface area contributed by atoms with Gasteiger partial charge in [0, 0.05) is 44.5 Å². The Labute approximate surface area is 172 Å². The van der Waals surface area contributed by atoms with Crippen LogP contribution in [0, 0.1) is 0 Å². The number of imidazole rings is 1. The second-order valence-corrected chi connectivity index (χ2v) is 7.86. The molecule has 0 unspecified atom stereocenters. The monoisotopic (exact) mass is 415 g/mol. The number of para-hydroxylation sites is 2. The Morgan fingerprint density at radius 3 is 2.66 bits per heavy atom. The lowest BCUT2D eigenvalue weighted by Gasteiger charge is -2.25. The minimum atomic E-state index is -0.141. The molecular formula is C20H25N5O3S. The van der Waals surface area contributed by atoms with Crippen molar-refractivity contribution >= 4 is 33.4 Å². The Bertz CT molecular complexity index is 1050. The van der Waals surface area contributed by atoms with Gasteiger partial charge in [0.25, 0.3) is 0 Å². The fourth-order valence-corrected chi connectivity index (χ4v) is 4.33. The predicted molar refractivity (Wildman–Crippen MR) is 113 cm³/mol. The van der Waals surface area contributed by atoms with Crippen molar-refractivity contribution in [2.24, 2.45) is 0 Å². The normalized spacial score (nSPS) is 15.1. The SMILES string of the molecule is CCn1c(=O)n(CCC(=O)Nc2nc(CN3CCOCC3)cs2)c2ccccc21. The van der Waals surface area contributed by atoms with Crippen molar-refractivity contribution in [1.82, 2.24) is 19.0 Å². The van der Waals surface area contributed by atoms with Gasteiger partial charge in [-0.15, -0.1) is 11.3 Å². The molecule has 1 fully saturated rings. The van der Waals surface area contributed by atoms with E-state index in [-0.39, 0.29) is 18.0 Å². The summed E-state index contributed by atoms with van der Waals surface area (Å²) in [5.41, 5.74) is 2.63. The number of aryl methyl sites for hydroxylation is 2. The number of ether oxygens (including phenoxy) is 1. The number of hydrogen-bond acceptors (Lipinski definition) is 6. The first-order chi connectivity index (χ1) is 14.2. The summed E-state index contributed by atoms with van der Waals surface area (Å²) in [6.45, 7) is 6.96. The maximum absolute atomic E-state index is 12.7. The predicted octanol–water partition coefficient (Wildman–Crippen LogP) is 2.14. The molecule has 1 aliphatic heterocycles. The maximum atomic E-state index is 12.7. The van der Waals surface area contributed by atoms with Gasteiger partial charge >= 0.3 is 5.69 Å². The lowest BCUT2D eigenvalue weighted by atomic mass is 10.3. The van der Waals surface area contributed by atoms with E-state index in [1.165, 1.54) is 11.3 Å². The van der Waals surface area contributed by atoms with E-state index in [2.05, 4.69) is 15.2 Å². The number of morpholine rings is 1. The smallest absolute Gasteiger partial charge is 0.329 e. The van der Waals surface area contributed by atoms with E-state index in [9.17, 15) is 9.59 Å². The number of amides is 1. The zero-order valence-corrected chi connectivity index (χ0v) is 17.3. The number of anilines is 1. The molecule has 2 aromatic heterocycles. The van der Waals surface area contributed by atoms with Crippen LogP contribution in [-0.2, 0) is 29.2 Å². The van der Waals surface area contributed by atoms with Crippen molar-refractivity contribution in [2.75, 3.05) is 31.6 Å². The van der Waals surface area contributed by atoms with Gasteiger partial charge in [-0.05, 0) is 19.1 Å². The van der Waals surface area contributed by atoms with Crippen molar-refractivity contribution in [2.45, 2.75) is 33.0 Å². The van der Waals surface area contributed by atoms with Crippen LogP contribution in [-0.4, -0.2) is 51.2 Å². The quantitative estimate of drug-likeness (QED) is 0.639. The molecule has 1 saturated heterocycles. The number of rotatable bonds is 7. The molecule has 1 aliphatic rings. The van der Waals surface area contributed by atoms with Crippen molar-refractivity contribution in [3.63, 3.8) is 0 Å². The molecule has 3 heterocycles. The number of nitrogens with one attached hydrogen (secondary N) is 1. The Balaban J connectivity index is 1.37. The highest BCUT2D eigenvalue weighted by molar-refractivity contribution is 7.13. The number of hydrogen-bond donors (Lipinski definition) is 1. The van der Waals surface area contributed by atoms with E-state index in [1.54, 1.807) is 9.13 Å². The molecule has 9 heteroatoms. The third-order valence-electron chi connectivity index (χ3n) is 5.09. The molecule has 0 radical (unpaired) electrons. The summed E-state index contributed by atoms with van der Waals surface area (Å²) in [5.74, 6) is -0.141. The van der Waals surface area contributed by atoms with Crippen molar-refractivity contribution in [3.8, 4) is 0 Å². The van der Waals surface area contributed by atoms with Crippen LogP contribution >= 0.6 is 11.3 Å². The topological polar surface area (TPSA) is 81.4 Å². The zero-order chi connectivity index (χ0) is 20.2. The summed E-state index contributed by atoms with van der Waals surface area (Å²) in [6, 6.07) is 7.67. The van der Waals surface area contributed by atoms with Crippen LogP contribution in [0.3, 0.4) is 0 Å². The molecule has 1 N–H and O–H groups in total. The first-order valence-electron chi connectivity index (χ1n) is 9.88. The molecule has 0 atom stereocenters. The van der Waals surface area contributed by atoms with Crippen LogP contribution < -0.4 is 11.0 Å². The Hall–Kier alpha value is -2.49. The van der Waals surface area contributed by atoms with Gasteiger partial charge in [0.05, 0.1) is 29.9 Å². The summed E-state index contributed by atoms with van der Waals surface area (Å²) < 4.78 is 8.76. The van der Waals surface area contributed by atoms with Crippen LogP contribution in [0.2, 0.25) is 0 Å². The number of fused-ring (bicyclic) bond motifs is 1. The number of aromatic nitrogens is 3. The number of benzene rings is 1. The molecule has 1 amide bonds. The van der Waals surface area contributed by atoms with Gasteiger partial charge in [-0.3, -0.25) is 18.8 Å². The first kappa shape index (κ1) is 19.8. The molecule has 0 bridgehead atoms. The third-order valence-corrected chi connectivity index (χ3v) is 5.90. The van der Waals surface area contributed by atoms with Crippen LogP contribution in [0.15, 0.2) is 34.4 Å². The van der Waals surface area contributed by atoms with E-state index in [4.69, 9.17) is 4.74 Å². The average molecular weight is 416 g/mol. The van der Waals surface area contributed by atoms with Gasteiger partial charge in [-0.2, -0.15) is 0 Å². The minimum Gasteiger partial charge on any atom is -0.379 e. The molecule has 1 aromatic carbocycles. The minimum absolute atomic E-state index is 0.0801. The summed E-state index contributed by atoms with van der Waals surface area (Å²) in [4.78, 5) is 31.9. The van der Waals surface area contributed by atoms with E-state index < -0.39 is 0 Å². The largest absolute Gasteiger partial charge is 0.379 e. The molecule has 0 saturated carbocycles. The second-order valence-electron chi connectivity index (χ2n) is 7.00. The van der Waals surface area contributed by atoms with Gasteiger partial charge in [-0.25, -0.2) is 9.78 Å². The summed E-state index contributed by atoms with van der Waals surface area (Å²) in [6.07, 6.45) is 0.218. The molecule has 0 spiro atoms. The van der Waals surface area contributed by atoms with E-state index >= 15 is 0 Å². The number of thiazole rings is 1. The Morgan fingerprint density at radius 1 is 1.21 bits per heavy atom. The Kier molecular flexibility index (Phi) is 6.08. The van der Waals surface area contributed by atoms with Crippen molar-refractivity contribution in [3.05, 3.63) is 45.8 Å². The van der Waals surface area contributed by atoms with Gasteiger partial charge in [-0.1, -0.05) is 12.1 Å². The van der Waals surface area contributed by atoms with Gasteiger partial charge in [0.15, 0.2) is 5.13 Å². The van der Waals surface area contributed by atoms with E-state index in [0.29, 0.717) is 18.2 Å². The summed E-state index contributed by atoms with van der Waals surface area (Å²) in [7, 11) is 0. The third kappa shape index (κ3) is 4.42. The lowest BCUT2D eigenvalue weighted by molar-refractivity contribution is -0.116. The van der Waals surface area contributed by atoms with Gasteiger partial charge in [0.2, 0.25) is 5.91 Å². The molecular weight excluding hydrogens is 390 g/mol. The molecule has 0 aliphatic carbocycles. The van der Waals surface area contributed by atoms with E-state index in [0.717, 1.165) is 49.6 Å². The Morgan fingerprint density at radius 2 is 1.93 bits per heavy atom. The van der Waals surface area contributed by atoms with Crippen molar-refractivity contribution in [1.29, 1.82) is 0 Å². The average Bonchev–Trinajstić information content (AvgIpc) is 3.28. The van der Waals surface area contributed by atoms with Crippen LogP contribution in [0.25, 0.3) is 11.0 Å².